The highest BCUT2D eigenvalue weighted by molar-refractivity contribution is 5.70. The molecule has 0 aromatic heterocycles. The van der Waals surface area contributed by atoms with E-state index in [1.54, 1.807) is 0 Å². The van der Waals surface area contributed by atoms with Crippen molar-refractivity contribution in [3.63, 3.8) is 0 Å². The van der Waals surface area contributed by atoms with E-state index in [0.29, 0.717) is 5.92 Å². The second-order valence-corrected chi connectivity index (χ2v) is 11.3. The molecule has 0 saturated carbocycles. The lowest BCUT2D eigenvalue weighted by Crippen LogP contribution is -2.53. The molecule has 2 bridgehead atoms. The molecule has 2 atom stereocenters. The monoisotopic (exact) mass is 462 g/mol. The Morgan fingerprint density at radius 2 is 1.85 bits per heavy atom. The first-order chi connectivity index (χ1) is 16.3. The van der Waals surface area contributed by atoms with Crippen LogP contribution in [0.1, 0.15) is 64.1 Å². The van der Waals surface area contributed by atoms with Crippen LogP contribution < -0.4 is 10.1 Å². The number of rotatable bonds is 5. The van der Waals surface area contributed by atoms with Crippen LogP contribution in [-0.2, 0) is 11.2 Å². The van der Waals surface area contributed by atoms with Crippen LogP contribution in [0, 0.1) is 11.3 Å². The fraction of sp³-hybridized carbons (Fsp3) is 0.552. The largest absolute Gasteiger partial charge is 0.491 e. The van der Waals surface area contributed by atoms with Gasteiger partial charge >= 0.3 is 6.09 Å². The van der Waals surface area contributed by atoms with Crippen molar-refractivity contribution >= 4 is 6.09 Å². The van der Waals surface area contributed by atoms with Crippen molar-refractivity contribution in [2.45, 2.75) is 71.6 Å². The highest BCUT2D eigenvalue weighted by Crippen LogP contribution is 2.44. The minimum absolute atomic E-state index is 0.0244. The van der Waals surface area contributed by atoms with Crippen LogP contribution in [0.3, 0.4) is 0 Å². The van der Waals surface area contributed by atoms with Crippen molar-refractivity contribution in [1.29, 1.82) is 0 Å². The molecule has 3 aliphatic heterocycles. The molecule has 6 rings (SSSR count). The number of fused-ring (bicyclic) bond motifs is 4. The van der Waals surface area contributed by atoms with E-state index >= 15 is 0 Å². The van der Waals surface area contributed by atoms with Crippen LogP contribution in [0.4, 0.5) is 4.79 Å². The van der Waals surface area contributed by atoms with E-state index in [0.717, 1.165) is 56.6 Å². The molecule has 3 heterocycles. The summed E-state index contributed by atoms with van der Waals surface area (Å²) < 4.78 is 11.9. The number of alkyl carbamates (subject to hydrolysis) is 1. The van der Waals surface area contributed by atoms with Gasteiger partial charge in [0.1, 0.15) is 11.9 Å². The number of carbonyl (C=O) groups is 1. The third kappa shape index (κ3) is 4.81. The summed E-state index contributed by atoms with van der Waals surface area (Å²) in [7, 11) is 0. The average Bonchev–Trinajstić information content (AvgIpc) is 2.81. The number of nitrogens with one attached hydrogen (secondary N) is 1. The van der Waals surface area contributed by atoms with Crippen LogP contribution in [0.15, 0.2) is 42.5 Å². The van der Waals surface area contributed by atoms with E-state index in [9.17, 15) is 4.79 Å². The van der Waals surface area contributed by atoms with Gasteiger partial charge in [-0.3, -0.25) is 4.90 Å². The molecule has 1 aliphatic carbocycles. The average molecular weight is 463 g/mol. The predicted octanol–water partition coefficient (Wildman–Crippen LogP) is 5.97. The summed E-state index contributed by atoms with van der Waals surface area (Å²) in [4.78, 5) is 15.4. The number of nitrogens with zero attached hydrogens (tertiary/aromatic N) is 1. The topological polar surface area (TPSA) is 50.8 Å². The SMILES string of the molecule is CC(C)Oc1cccc(-c2ccc3c(c2)CCC(C)(C)C3NC(=O)O[C@@H]2CN3CCC2CC3)c1. The third-order valence-electron chi connectivity index (χ3n) is 7.93. The highest BCUT2D eigenvalue weighted by atomic mass is 16.6. The smallest absolute Gasteiger partial charge is 0.407 e. The summed E-state index contributed by atoms with van der Waals surface area (Å²) in [6, 6.07) is 14.9. The molecular weight excluding hydrogens is 424 g/mol. The van der Waals surface area contributed by atoms with Crippen LogP contribution in [0.5, 0.6) is 5.75 Å². The fourth-order valence-electron chi connectivity index (χ4n) is 5.93. The zero-order valence-electron chi connectivity index (χ0n) is 21.0. The maximum atomic E-state index is 13.0. The quantitative estimate of drug-likeness (QED) is 0.594. The Hall–Kier alpha value is -2.53. The molecule has 4 aliphatic rings. The van der Waals surface area contributed by atoms with E-state index in [-0.39, 0.29) is 29.8 Å². The van der Waals surface area contributed by atoms with Crippen molar-refractivity contribution in [3.05, 3.63) is 53.6 Å². The van der Waals surface area contributed by atoms with E-state index in [2.05, 4.69) is 54.4 Å². The van der Waals surface area contributed by atoms with E-state index in [4.69, 9.17) is 9.47 Å². The predicted molar refractivity (Wildman–Crippen MR) is 135 cm³/mol. The molecule has 0 spiro atoms. The van der Waals surface area contributed by atoms with Gasteiger partial charge in [-0.2, -0.15) is 0 Å². The van der Waals surface area contributed by atoms with Crippen molar-refractivity contribution in [2.24, 2.45) is 11.3 Å². The third-order valence-corrected chi connectivity index (χ3v) is 7.93. The molecule has 5 nitrogen and oxygen atoms in total. The molecule has 2 aromatic carbocycles. The molecule has 1 N–H and O–H groups in total. The van der Waals surface area contributed by atoms with Gasteiger partial charge in [0, 0.05) is 6.54 Å². The highest BCUT2D eigenvalue weighted by Gasteiger charge is 2.40. The Kier molecular flexibility index (Phi) is 6.32. The number of benzene rings is 2. The normalized spacial score (nSPS) is 27.2. The summed E-state index contributed by atoms with van der Waals surface area (Å²) in [6.45, 7) is 11.7. The Labute approximate surface area is 203 Å². The lowest BCUT2D eigenvalue weighted by molar-refractivity contribution is -0.0353. The Morgan fingerprint density at radius 1 is 1.09 bits per heavy atom. The fourth-order valence-corrected chi connectivity index (χ4v) is 5.93. The zero-order valence-corrected chi connectivity index (χ0v) is 21.0. The first kappa shape index (κ1) is 23.2. The van der Waals surface area contributed by atoms with Crippen molar-refractivity contribution < 1.29 is 14.3 Å². The molecule has 0 radical (unpaired) electrons. The summed E-state index contributed by atoms with van der Waals surface area (Å²) in [5.74, 6) is 1.40. The van der Waals surface area contributed by atoms with Crippen LogP contribution in [0.2, 0.25) is 0 Å². The Morgan fingerprint density at radius 3 is 2.56 bits per heavy atom. The number of ether oxygens (including phenoxy) is 2. The number of amides is 1. The summed E-state index contributed by atoms with van der Waals surface area (Å²) in [6.07, 6.45) is 4.21. The molecule has 1 amide bonds. The number of hydrogen-bond donors (Lipinski definition) is 1. The van der Waals surface area contributed by atoms with Gasteiger partial charge in [0.2, 0.25) is 0 Å². The molecule has 5 heteroatoms. The van der Waals surface area contributed by atoms with E-state index in [1.165, 1.54) is 16.7 Å². The molecule has 1 unspecified atom stereocenters. The maximum absolute atomic E-state index is 13.0. The van der Waals surface area contributed by atoms with Crippen LogP contribution in [-0.4, -0.2) is 42.8 Å². The molecule has 2 aromatic rings. The van der Waals surface area contributed by atoms with Crippen molar-refractivity contribution in [3.8, 4) is 16.9 Å². The second-order valence-electron chi connectivity index (χ2n) is 11.3. The Bertz CT molecular complexity index is 1040. The van der Waals surface area contributed by atoms with Gasteiger partial charge in [0.05, 0.1) is 12.1 Å². The molecule has 182 valence electrons. The first-order valence-corrected chi connectivity index (χ1v) is 12.9. The number of hydrogen-bond acceptors (Lipinski definition) is 4. The minimum Gasteiger partial charge on any atom is -0.491 e. The second kappa shape index (κ2) is 9.26. The van der Waals surface area contributed by atoms with Crippen LogP contribution in [0.25, 0.3) is 11.1 Å². The van der Waals surface area contributed by atoms with Gasteiger partial charge < -0.3 is 14.8 Å². The van der Waals surface area contributed by atoms with Gasteiger partial charge in [-0.15, -0.1) is 0 Å². The number of carbonyl (C=O) groups excluding carboxylic acids is 1. The zero-order chi connectivity index (χ0) is 23.9. The Balaban J connectivity index is 1.34. The van der Waals surface area contributed by atoms with E-state index in [1.807, 2.05) is 26.0 Å². The lowest BCUT2D eigenvalue weighted by atomic mass is 9.70. The van der Waals surface area contributed by atoms with Crippen molar-refractivity contribution in [1.82, 2.24) is 10.2 Å². The summed E-state index contributed by atoms with van der Waals surface area (Å²) in [5.41, 5.74) is 4.81. The van der Waals surface area contributed by atoms with Gasteiger partial charge in [-0.25, -0.2) is 4.79 Å². The van der Waals surface area contributed by atoms with Gasteiger partial charge in [-0.1, -0.05) is 44.2 Å². The summed E-state index contributed by atoms with van der Waals surface area (Å²) in [5, 5.41) is 3.26. The lowest BCUT2D eigenvalue weighted by Gasteiger charge is -2.44. The van der Waals surface area contributed by atoms with Gasteiger partial charge in [0.15, 0.2) is 0 Å². The van der Waals surface area contributed by atoms with Crippen LogP contribution >= 0.6 is 0 Å². The standard InChI is InChI=1S/C29H38N2O3/c1-19(2)33-24-7-5-6-21(17-24)22-8-9-25-23(16-22)10-13-29(3,4)27(25)30-28(32)34-26-18-31-14-11-20(26)12-15-31/h5-9,16-17,19-20,26-27H,10-15,18H2,1-4H3,(H,30,32)/t26-,27?/m1/s1. The summed E-state index contributed by atoms with van der Waals surface area (Å²) >= 11 is 0. The minimum atomic E-state index is -0.271. The van der Waals surface area contributed by atoms with Gasteiger partial charge in [-0.05, 0) is 98.3 Å². The van der Waals surface area contributed by atoms with Crippen molar-refractivity contribution in [2.75, 3.05) is 19.6 Å². The number of piperidine rings is 3. The molecule has 34 heavy (non-hydrogen) atoms. The van der Waals surface area contributed by atoms with E-state index < -0.39 is 0 Å². The first-order valence-electron chi connectivity index (χ1n) is 12.9. The number of aryl methyl sites for hydroxylation is 1. The molecular formula is C29H38N2O3. The van der Waals surface area contributed by atoms with Gasteiger partial charge in [0.25, 0.3) is 0 Å². The molecule has 3 saturated heterocycles. The maximum Gasteiger partial charge on any atom is 0.407 e. The molecule has 3 fully saturated rings.